The van der Waals surface area contributed by atoms with Gasteiger partial charge in [0, 0.05) is 6.61 Å². The predicted molar refractivity (Wildman–Crippen MR) is 56.8 cm³/mol. The number of aromatic nitrogens is 2. The molecule has 1 fully saturated rings. The summed E-state index contributed by atoms with van der Waals surface area (Å²) in [5.74, 6) is 1.13. The molecule has 0 radical (unpaired) electrons. The summed E-state index contributed by atoms with van der Waals surface area (Å²) in [6, 6.07) is 0. The molecule has 1 saturated heterocycles. The van der Waals surface area contributed by atoms with E-state index in [2.05, 4.69) is 10.1 Å². The van der Waals surface area contributed by atoms with Crippen LogP contribution in [0.4, 0.5) is 0 Å². The molecule has 0 aliphatic carbocycles. The fourth-order valence-electron chi connectivity index (χ4n) is 1.90. The second-order valence-corrected chi connectivity index (χ2v) is 4.19. The Morgan fingerprint density at radius 2 is 2.44 bits per heavy atom. The van der Waals surface area contributed by atoms with Gasteiger partial charge >= 0.3 is 0 Å². The van der Waals surface area contributed by atoms with E-state index < -0.39 is 0 Å². The topological polar surface area (TPSA) is 68.4 Å². The molecule has 16 heavy (non-hydrogen) atoms. The van der Waals surface area contributed by atoms with Crippen LogP contribution in [0, 0.1) is 0 Å². The zero-order valence-electron chi connectivity index (χ0n) is 9.56. The van der Waals surface area contributed by atoms with Crippen molar-refractivity contribution in [3.8, 4) is 0 Å². The Hall–Kier alpha value is -0.940. The lowest BCUT2D eigenvalue weighted by Crippen LogP contribution is -2.10. The Morgan fingerprint density at radius 1 is 1.56 bits per heavy atom. The van der Waals surface area contributed by atoms with Crippen LogP contribution in [0.5, 0.6) is 0 Å². The van der Waals surface area contributed by atoms with Gasteiger partial charge in [-0.25, -0.2) is 0 Å². The van der Waals surface area contributed by atoms with Gasteiger partial charge in [0.2, 0.25) is 11.7 Å². The summed E-state index contributed by atoms with van der Waals surface area (Å²) in [7, 11) is 0. The van der Waals surface area contributed by atoms with E-state index in [0.29, 0.717) is 18.1 Å². The Morgan fingerprint density at radius 3 is 3.12 bits per heavy atom. The number of aliphatic hydroxyl groups is 1. The first-order chi connectivity index (χ1) is 7.79. The van der Waals surface area contributed by atoms with Crippen molar-refractivity contribution in [2.24, 2.45) is 0 Å². The Balaban J connectivity index is 1.91. The second kappa shape index (κ2) is 5.41. The molecule has 2 atom stereocenters. The predicted octanol–water partition coefficient (Wildman–Crippen LogP) is 1.62. The minimum absolute atomic E-state index is 0.0131. The molecule has 0 amide bonds. The first-order valence-electron chi connectivity index (χ1n) is 5.91. The van der Waals surface area contributed by atoms with Crippen molar-refractivity contribution in [1.29, 1.82) is 0 Å². The SMILES string of the molecule is CCCC(O)Cc1nc(C2CCCO2)no1. The summed E-state index contributed by atoms with van der Waals surface area (Å²) in [5.41, 5.74) is 0. The zero-order valence-corrected chi connectivity index (χ0v) is 9.56. The van der Waals surface area contributed by atoms with Crippen LogP contribution in [-0.4, -0.2) is 28.0 Å². The molecular weight excluding hydrogens is 208 g/mol. The van der Waals surface area contributed by atoms with Crippen molar-refractivity contribution in [3.05, 3.63) is 11.7 Å². The lowest BCUT2D eigenvalue weighted by molar-refractivity contribution is 0.103. The normalized spacial score (nSPS) is 22.5. The monoisotopic (exact) mass is 226 g/mol. The van der Waals surface area contributed by atoms with Crippen molar-refractivity contribution in [2.45, 2.75) is 51.2 Å². The largest absolute Gasteiger partial charge is 0.393 e. The molecule has 90 valence electrons. The molecule has 1 N–H and O–H groups in total. The molecule has 0 saturated carbocycles. The zero-order chi connectivity index (χ0) is 11.4. The lowest BCUT2D eigenvalue weighted by Gasteiger charge is -2.04. The third-order valence-electron chi connectivity index (χ3n) is 2.73. The fraction of sp³-hybridized carbons (Fsp3) is 0.818. The molecule has 5 heteroatoms. The van der Waals surface area contributed by atoms with Crippen LogP contribution >= 0.6 is 0 Å². The second-order valence-electron chi connectivity index (χ2n) is 4.19. The quantitative estimate of drug-likeness (QED) is 0.826. The van der Waals surface area contributed by atoms with Gasteiger partial charge in [-0.1, -0.05) is 18.5 Å². The van der Waals surface area contributed by atoms with E-state index in [1.165, 1.54) is 0 Å². The summed E-state index contributed by atoms with van der Waals surface area (Å²) < 4.78 is 10.6. The van der Waals surface area contributed by atoms with Crippen LogP contribution < -0.4 is 0 Å². The van der Waals surface area contributed by atoms with E-state index in [9.17, 15) is 5.11 Å². The highest BCUT2D eigenvalue weighted by Gasteiger charge is 2.23. The fourth-order valence-corrected chi connectivity index (χ4v) is 1.90. The molecule has 0 bridgehead atoms. The summed E-state index contributed by atoms with van der Waals surface area (Å²) in [6.07, 6.45) is 3.76. The van der Waals surface area contributed by atoms with Crippen LogP contribution in [-0.2, 0) is 11.2 Å². The number of aliphatic hydroxyl groups excluding tert-OH is 1. The van der Waals surface area contributed by atoms with Crippen molar-refractivity contribution < 1.29 is 14.4 Å². The maximum absolute atomic E-state index is 9.62. The minimum atomic E-state index is -0.386. The van der Waals surface area contributed by atoms with Gasteiger partial charge in [-0.05, 0) is 19.3 Å². The molecule has 1 aliphatic rings. The number of hydrogen-bond acceptors (Lipinski definition) is 5. The Bertz CT molecular complexity index is 321. The van der Waals surface area contributed by atoms with E-state index >= 15 is 0 Å². The smallest absolute Gasteiger partial charge is 0.229 e. The van der Waals surface area contributed by atoms with Gasteiger partial charge in [-0.15, -0.1) is 0 Å². The number of nitrogens with zero attached hydrogens (tertiary/aromatic N) is 2. The first-order valence-corrected chi connectivity index (χ1v) is 5.91. The number of ether oxygens (including phenoxy) is 1. The van der Waals surface area contributed by atoms with E-state index in [-0.39, 0.29) is 12.2 Å². The van der Waals surface area contributed by atoms with Crippen LogP contribution in [0.15, 0.2) is 4.52 Å². The van der Waals surface area contributed by atoms with Crippen LogP contribution in [0.3, 0.4) is 0 Å². The molecular formula is C11H18N2O3. The molecule has 1 aromatic heterocycles. The molecule has 1 aromatic rings. The highest BCUT2D eigenvalue weighted by molar-refractivity contribution is 4.94. The van der Waals surface area contributed by atoms with Crippen molar-refractivity contribution in [2.75, 3.05) is 6.61 Å². The number of hydrogen-bond donors (Lipinski definition) is 1. The highest BCUT2D eigenvalue weighted by Crippen LogP contribution is 2.26. The van der Waals surface area contributed by atoms with E-state index in [1.54, 1.807) is 0 Å². The van der Waals surface area contributed by atoms with E-state index in [0.717, 1.165) is 32.3 Å². The third-order valence-corrected chi connectivity index (χ3v) is 2.73. The van der Waals surface area contributed by atoms with Crippen LogP contribution in [0.1, 0.15) is 50.4 Å². The van der Waals surface area contributed by atoms with Crippen LogP contribution in [0.25, 0.3) is 0 Å². The van der Waals surface area contributed by atoms with Crippen molar-refractivity contribution in [3.63, 3.8) is 0 Å². The average Bonchev–Trinajstić information content (AvgIpc) is 2.86. The molecule has 1 aliphatic heterocycles. The summed E-state index contributed by atoms with van der Waals surface area (Å²) in [6.45, 7) is 2.81. The third kappa shape index (κ3) is 2.80. The van der Waals surface area contributed by atoms with Gasteiger partial charge < -0.3 is 14.4 Å². The van der Waals surface area contributed by atoms with Crippen molar-refractivity contribution in [1.82, 2.24) is 10.1 Å². The van der Waals surface area contributed by atoms with E-state index in [4.69, 9.17) is 9.26 Å². The van der Waals surface area contributed by atoms with Gasteiger partial charge in [-0.2, -0.15) is 4.98 Å². The summed E-state index contributed by atoms with van der Waals surface area (Å²) >= 11 is 0. The average molecular weight is 226 g/mol. The van der Waals surface area contributed by atoms with Gasteiger partial charge in [-0.3, -0.25) is 0 Å². The van der Waals surface area contributed by atoms with Gasteiger partial charge in [0.05, 0.1) is 12.5 Å². The molecule has 0 aromatic carbocycles. The summed E-state index contributed by atoms with van der Waals surface area (Å²) in [5, 5.41) is 13.5. The number of rotatable bonds is 5. The van der Waals surface area contributed by atoms with Crippen LogP contribution in [0.2, 0.25) is 0 Å². The first kappa shape index (κ1) is 11.5. The standard InChI is InChI=1S/C11H18N2O3/c1-2-4-8(14)7-10-12-11(13-16-10)9-5-3-6-15-9/h8-9,14H,2-7H2,1H3. The Labute approximate surface area is 94.8 Å². The maximum atomic E-state index is 9.62. The molecule has 5 nitrogen and oxygen atoms in total. The van der Waals surface area contributed by atoms with Gasteiger partial charge in [0.25, 0.3) is 0 Å². The Kier molecular flexibility index (Phi) is 3.90. The van der Waals surface area contributed by atoms with E-state index in [1.807, 2.05) is 6.92 Å². The summed E-state index contributed by atoms with van der Waals surface area (Å²) in [4.78, 5) is 4.25. The highest BCUT2D eigenvalue weighted by atomic mass is 16.5. The lowest BCUT2D eigenvalue weighted by atomic mass is 10.1. The molecule has 0 spiro atoms. The molecule has 2 heterocycles. The molecule has 2 unspecified atom stereocenters. The van der Waals surface area contributed by atoms with Crippen molar-refractivity contribution >= 4 is 0 Å². The maximum Gasteiger partial charge on any atom is 0.229 e. The van der Waals surface area contributed by atoms with Gasteiger partial charge in [0.1, 0.15) is 6.10 Å². The van der Waals surface area contributed by atoms with Gasteiger partial charge in [0.15, 0.2) is 0 Å². The molecule has 2 rings (SSSR count). The minimum Gasteiger partial charge on any atom is -0.393 e.